The summed E-state index contributed by atoms with van der Waals surface area (Å²) in [5.74, 6) is 0.328. The minimum absolute atomic E-state index is 0.0374. The van der Waals surface area contributed by atoms with Crippen LogP contribution in [0.3, 0.4) is 0 Å². The van der Waals surface area contributed by atoms with Gasteiger partial charge in [0.2, 0.25) is 5.78 Å². The van der Waals surface area contributed by atoms with Gasteiger partial charge < -0.3 is 15.2 Å². The number of phenolic OH excluding ortho intramolecular Hbond substituents is 1. The van der Waals surface area contributed by atoms with E-state index in [1.54, 1.807) is 24.4 Å². The summed E-state index contributed by atoms with van der Waals surface area (Å²) >= 11 is 1.39. The van der Waals surface area contributed by atoms with Crippen molar-refractivity contribution in [1.82, 2.24) is 4.98 Å². The van der Waals surface area contributed by atoms with Crippen LogP contribution in [-0.2, 0) is 0 Å². The van der Waals surface area contributed by atoms with Gasteiger partial charge in [0.05, 0.1) is 4.88 Å². The number of aromatic nitrogens is 1. The molecule has 2 aromatic heterocycles. The van der Waals surface area contributed by atoms with E-state index in [0.717, 1.165) is 32.5 Å². The summed E-state index contributed by atoms with van der Waals surface area (Å²) in [6, 6.07) is 24.0. The Labute approximate surface area is 176 Å². The van der Waals surface area contributed by atoms with Crippen LogP contribution in [0.5, 0.6) is 11.5 Å². The van der Waals surface area contributed by atoms with E-state index in [-0.39, 0.29) is 17.3 Å². The van der Waals surface area contributed by atoms with Crippen molar-refractivity contribution in [2.24, 2.45) is 0 Å². The molecule has 0 aliphatic heterocycles. The molecule has 5 heteroatoms. The van der Waals surface area contributed by atoms with Gasteiger partial charge >= 0.3 is 0 Å². The number of H-pyrrole nitrogens is 1. The number of carbonyl (C=O) groups is 1. The summed E-state index contributed by atoms with van der Waals surface area (Å²) < 4.78 is 0.864. The zero-order valence-corrected chi connectivity index (χ0v) is 16.6. The Morgan fingerprint density at radius 1 is 0.800 bits per heavy atom. The van der Waals surface area contributed by atoms with E-state index >= 15 is 0 Å². The number of rotatable bonds is 4. The second kappa shape index (κ2) is 7.21. The molecule has 5 aromatic rings. The summed E-state index contributed by atoms with van der Waals surface area (Å²) in [6.45, 7) is 0. The van der Waals surface area contributed by atoms with Gasteiger partial charge in [-0.05, 0) is 29.3 Å². The molecule has 0 aliphatic rings. The molecule has 3 aromatic carbocycles. The zero-order chi connectivity index (χ0) is 20.7. The Balaban J connectivity index is 1.66. The topological polar surface area (TPSA) is 73.3 Å². The lowest BCUT2D eigenvalue weighted by atomic mass is 9.97. The van der Waals surface area contributed by atoms with Gasteiger partial charge in [0, 0.05) is 39.2 Å². The molecule has 0 atom stereocenters. The first-order valence-corrected chi connectivity index (χ1v) is 10.3. The van der Waals surface area contributed by atoms with Gasteiger partial charge in [-0.15, -0.1) is 11.3 Å². The van der Waals surface area contributed by atoms with Crippen LogP contribution in [0.1, 0.15) is 15.2 Å². The standard InChI is InChI=1S/C25H17NO3S/c27-18-10-11-20-22(13-18)30-25(24(29)17-4-2-1-3-5-17)23(20)16-8-6-15(7-9-16)21-12-19(28)14-26-21/h1-14,26-28H. The third-order valence-electron chi connectivity index (χ3n) is 5.07. The third kappa shape index (κ3) is 3.15. The first kappa shape index (κ1) is 18.2. The minimum Gasteiger partial charge on any atom is -0.508 e. The predicted octanol–water partition coefficient (Wildman–Crippen LogP) is 6.21. The summed E-state index contributed by atoms with van der Waals surface area (Å²) in [4.78, 5) is 17.0. The van der Waals surface area contributed by atoms with Gasteiger partial charge in [0.25, 0.3) is 0 Å². The van der Waals surface area contributed by atoms with Gasteiger partial charge in [0.1, 0.15) is 11.5 Å². The quantitative estimate of drug-likeness (QED) is 0.308. The maximum Gasteiger partial charge on any atom is 0.203 e. The fourth-order valence-corrected chi connectivity index (χ4v) is 4.84. The van der Waals surface area contributed by atoms with E-state index in [2.05, 4.69) is 4.98 Å². The largest absolute Gasteiger partial charge is 0.508 e. The van der Waals surface area contributed by atoms with Crippen LogP contribution in [0, 0.1) is 0 Å². The van der Waals surface area contributed by atoms with Crippen molar-refractivity contribution >= 4 is 27.2 Å². The monoisotopic (exact) mass is 411 g/mol. The summed E-state index contributed by atoms with van der Waals surface area (Å²) in [7, 11) is 0. The van der Waals surface area contributed by atoms with E-state index in [0.29, 0.717) is 10.4 Å². The van der Waals surface area contributed by atoms with Crippen LogP contribution in [0.2, 0.25) is 0 Å². The number of hydrogen-bond acceptors (Lipinski definition) is 4. The highest BCUT2D eigenvalue weighted by atomic mass is 32.1. The second-order valence-electron chi connectivity index (χ2n) is 7.03. The van der Waals surface area contributed by atoms with Crippen molar-refractivity contribution in [3.63, 3.8) is 0 Å². The normalized spacial score (nSPS) is 11.1. The van der Waals surface area contributed by atoms with Crippen LogP contribution in [0.25, 0.3) is 32.5 Å². The molecule has 5 rings (SSSR count). The predicted molar refractivity (Wildman–Crippen MR) is 120 cm³/mol. The van der Waals surface area contributed by atoms with Crippen molar-refractivity contribution < 1.29 is 15.0 Å². The molecule has 0 aliphatic carbocycles. The molecule has 146 valence electrons. The second-order valence-corrected chi connectivity index (χ2v) is 8.08. The fourth-order valence-electron chi connectivity index (χ4n) is 3.62. The van der Waals surface area contributed by atoms with E-state index in [1.165, 1.54) is 11.3 Å². The average Bonchev–Trinajstić information content (AvgIpc) is 3.37. The molecule has 0 saturated carbocycles. The van der Waals surface area contributed by atoms with Crippen molar-refractivity contribution in [2.75, 3.05) is 0 Å². The smallest absolute Gasteiger partial charge is 0.203 e. The Morgan fingerprint density at radius 2 is 1.53 bits per heavy atom. The Hall–Kier alpha value is -3.83. The van der Waals surface area contributed by atoms with Crippen molar-refractivity contribution in [3.8, 4) is 33.9 Å². The molecule has 0 bridgehead atoms. The third-order valence-corrected chi connectivity index (χ3v) is 6.22. The molecule has 0 fully saturated rings. The number of aromatic amines is 1. The van der Waals surface area contributed by atoms with Crippen LogP contribution in [0.4, 0.5) is 0 Å². The summed E-state index contributed by atoms with van der Waals surface area (Å²) in [5.41, 5.74) is 4.18. The number of fused-ring (bicyclic) bond motifs is 1. The van der Waals surface area contributed by atoms with Crippen molar-refractivity contribution in [1.29, 1.82) is 0 Å². The molecule has 0 saturated heterocycles. The number of aromatic hydroxyl groups is 2. The van der Waals surface area contributed by atoms with Gasteiger partial charge in [-0.1, -0.05) is 54.6 Å². The molecule has 0 radical (unpaired) electrons. The number of hydrogen-bond donors (Lipinski definition) is 3. The lowest BCUT2D eigenvalue weighted by Crippen LogP contribution is -2.00. The number of ketones is 1. The Bertz CT molecular complexity index is 1370. The molecule has 0 unspecified atom stereocenters. The van der Waals surface area contributed by atoms with Gasteiger partial charge in [-0.3, -0.25) is 4.79 Å². The number of phenols is 1. The molecule has 0 spiro atoms. The number of carbonyl (C=O) groups excluding carboxylic acids is 1. The fraction of sp³-hybridized carbons (Fsp3) is 0. The van der Waals surface area contributed by atoms with Gasteiger partial charge in [-0.25, -0.2) is 0 Å². The Morgan fingerprint density at radius 3 is 2.23 bits per heavy atom. The lowest BCUT2D eigenvalue weighted by molar-refractivity contribution is 0.104. The van der Waals surface area contributed by atoms with E-state index < -0.39 is 0 Å². The maximum atomic E-state index is 13.3. The van der Waals surface area contributed by atoms with Crippen LogP contribution >= 0.6 is 11.3 Å². The molecular weight excluding hydrogens is 394 g/mol. The number of nitrogens with one attached hydrogen (secondary N) is 1. The van der Waals surface area contributed by atoms with Gasteiger partial charge in [-0.2, -0.15) is 0 Å². The number of thiophene rings is 1. The summed E-state index contributed by atoms with van der Waals surface area (Å²) in [6.07, 6.45) is 1.54. The summed E-state index contributed by atoms with van der Waals surface area (Å²) in [5, 5.41) is 20.4. The molecule has 0 amide bonds. The van der Waals surface area contributed by atoms with Crippen LogP contribution < -0.4 is 0 Å². The average molecular weight is 411 g/mol. The van der Waals surface area contributed by atoms with Crippen LogP contribution in [-0.4, -0.2) is 21.0 Å². The van der Waals surface area contributed by atoms with E-state index in [4.69, 9.17) is 0 Å². The SMILES string of the molecule is O=C(c1ccccc1)c1sc2cc(O)ccc2c1-c1ccc(-c2cc(O)c[nH]2)cc1. The minimum atomic E-state index is -0.0374. The molecule has 2 heterocycles. The molecule has 4 nitrogen and oxygen atoms in total. The van der Waals surface area contributed by atoms with Gasteiger partial charge in [0.15, 0.2) is 0 Å². The maximum absolute atomic E-state index is 13.3. The van der Waals surface area contributed by atoms with Crippen molar-refractivity contribution in [3.05, 3.63) is 95.5 Å². The Kier molecular flexibility index (Phi) is 4.38. The number of benzene rings is 3. The lowest BCUT2D eigenvalue weighted by Gasteiger charge is -2.07. The molecular formula is C25H17NO3S. The van der Waals surface area contributed by atoms with Crippen LogP contribution in [0.15, 0.2) is 85.1 Å². The van der Waals surface area contributed by atoms with E-state index in [1.807, 2.05) is 60.7 Å². The molecule has 30 heavy (non-hydrogen) atoms. The highest BCUT2D eigenvalue weighted by Crippen LogP contribution is 2.41. The first-order valence-electron chi connectivity index (χ1n) is 9.43. The van der Waals surface area contributed by atoms with E-state index in [9.17, 15) is 15.0 Å². The molecule has 3 N–H and O–H groups in total. The van der Waals surface area contributed by atoms with Crippen molar-refractivity contribution in [2.45, 2.75) is 0 Å². The zero-order valence-electron chi connectivity index (χ0n) is 15.8. The highest BCUT2D eigenvalue weighted by molar-refractivity contribution is 7.21. The highest BCUT2D eigenvalue weighted by Gasteiger charge is 2.21. The first-order chi connectivity index (χ1) is 14.6.